The molecule has 0 aliphatic rings. The first kappa shape index (κ1) is 12.9. The summed E-state index contributed by atoms with van der Waals surface area (Å²) in [5.74, 6) is 0. The summed E-state index contributed by atoms with van der Waals surface area (Å²) in [7, 11) is 0. The molecule has 0 fully saturated rings. The van der Waals surface area contributed by atoms with Crippen molar-refractivity contribution in [2.45, 2.75) is 4.90 Å². The van der Waals surface area contributed by atoms with Crippen LogP contribution in [0.15, 0.2) is 65.6 Å². The maximum atomic E-state index is 4.63. The Labute approximate surface area is 123 Å². The summed E-state index contributed by atoms with van der Waals surface area (Å²) >= 11 is 1.76. The summed E-state index contributed by atoms with van der Waals surface area (Å²) in [6.45, 7) is 0. The zero-order chi connectivity index (χ0) is 13.8. The van der Waals surface area contributed by atoms with Gasteiger partial charge in [0.25, 0.3) is 0 Å². The number of aromatic nitrogens is 1. The van der Waals surface area contributed by atoms with Crippen LogP contribution in [0, 0.1) is 0 Å². The van der Waals surface area contributed by atoms with Crippen molar-refractivity contribution in [3.63, 3.8) is 0 Å². The van der Waals surface area contributed by atoms with E-state index >= 15 is 0 Å². The molecule has 0 aliphatic carbocycles. The van der Waals surface area contributed by atoms with E-state index in [0.29, 0.717) is 0 Å². The summed E-state index contributed by atoms with van der Waals surface area (Å²) in [6, 6.07) is 20.9. The summed E-state index contributed by atoms with van der Waals surface area (Å²) in [5, 5.41) is 1.17. The normalized spacial score (nSPS) is 11.2. The first-order valence-electron chi connectivity index (χ1n) is 6.53. The lowest BCUT2D eigenvalue weighted by atomic mass is 10.1. The lowest BCUT2D eigenvalue weighted by Crippen LogP contribution is -1.82. The van der Waals surface area contributed by atoms with Crippen molar-refractivity contribution in [2.75, 3.05) is 6.26 Å². The van der Waals surface area contributed by atoms with Crippen molar-refractivity contribution in [1.29, 1.82) is 0 Å². The average Bonchev–Trinajstić information content (AvgIpc) is 2.53. The van der Waals surface area contributed by atoms with E-state index in [4.69, 9.17) is 0 Å². The van der Waals surface area contributed by atoms with Crippen LogP contribution in [0.3, 0.4) is 0 Å². The highest BCUT2D eigenvalue weighted by Gasteiger charge is 1.95. The van der Waals surface area contributed by atoms with E-state index in [1.54, 1.807) is 11.8 Å². The fourth-order valence-electron chi connectivity index (χ4n) is 2.07. The van der Waals surface area contributed by atoms with Crippen molar-refractivity contribution in [2.24, 2.45) is 0 Å². The molecule has 0 amide bonds. The van der Waals surface area contributed by atoms with E-state index < -0.39 is 0 Å². The molecule has 0 aliphatic heterocycles. The van der Waals surface area contributed by atoms with Gasteiger partial charge in [-0.25, -0.2) is 4.98 Å². The molecule has 2 aromatic carbocycles. The van der Waals surface area contributed by atoms with Crippen molar-refractivity contribution < 1.29 is 0 Å². The number of fused-ring (bicyclic) bond motifs is 1. The van der Waals surface area contributed by atoms with Gasteiger partial charge in [-0.05, 0) is 42.2 Å². The molecule has 2 heteroatoms. The molecule has 0 saturated carbocycles. The van der Waals surface area contributed by atoms with Crippen LogP contribution in [-0.2, 0) is 0 Å². The largest absolute Gasteiger partial charge is 0.248 e. The van der Waals surface area contributed by atoms with Crippen LogP contribution >= 0.6 is 11.8 Å². The predicted octanol–water partition coefficient (Wildman–Crippen LogP) is 5.13. The van der Waals surface area contributed by atoms with Crippen molar-refractivity contribution >= 4 is 34.8 Å². The lowest BCUT2D eigenvalue weighted by molar-refractivity contribution is 1.37. The van der Waals surface area contributed by atoms with Gasteiger partial charge in [-0.2, -0.15) is 0 Å². The van der Waals surface area contributed by atoms with Crippen LogP contribution in [0.5, 0.6) is 0 Å². The molecule has 0 atom stereocenters. The van der Waals surface area contributed by atoms with Crippen LogP contribution in [0.2, 0.25) is 0 Å². The summed E-state index contributed by atoms with van der Waals surface area (Å²) < 4.78 is 0. The highest BCUT2D eigenvalue weighted by molar-refractivity contribution is 7.98. The van der Waals surface area contributed by atoms with Crippen LogP contribution < -0.4 is 0 Å². The molecule has 0 radical (unpaired) electrons. The zero-order valence-electron chi connectivity index (χ0n) is 11.3. The van der Waals surface area contributed by atoms with Crippen molar-refractivity contribution in [3.8, 4) is 0 Å². The molecule has 0 bridgehead atoms. The number of thioether (sulfide) groups is 1. The summed E-state index contributed by atoms with van der Waals surface area (Å²) in [6.07, 6.45) is 6.24. The molecule has 20 heavy (non-hydrogen) atoms. The topological polar surface area (TPSA) is 12.9 Å². The smallest absolute Gasteiger partial charge is 0.0709 e. The minimum Gasteiger partial charge on any atom is -0.248 e. The van der Waals surface area contributed by atoms with Gasteiger partial charge in [-0.1, -0.05) is 42.5 Å². The molecule has 0 N–H and O–H groups in total. The Bertz CT molecular complexity index is 745. The molecule has 1 aromatic heterocycles. The Hall–Kier alpha value is -2.06. The fourth-order valence-corrected chi connectivity index (χ4v) is 2.48. The van der Waals surface area contributed by atoms with E-state index in [-0.39, 0.29) is 0 Å². The second-order valence-corrected chi connectivity index (χ2v) is 5.41. The van der Waals surface area contributed by atoms with Gasteiger partial charge in [-0.3, -0.25) is 0 Å². The number of nitrogens with zero attached hydrogens (tertiary/aromatic N) is 1. The van der Waals surface area contributed by atoms with Crippen LogP contribution in [0.4, 0.5) is 0 Å². The molecule has 0 unspecified atom stereocenters. The molecule has 1 heterocycles. The molecule has 3 aromatic rings. The zero-order valence-corrected chi connectivity index (χ0v) is 12.1. The minimum absolute atomic E-state index is 0.984. The molecule has 1 nitrogen and oxygen atoms in total. The maximum Gasteiger partial charge on any atom is 0.0709 e. The molecule has 98 valence electrons. The lowest BCUT2D eigenvalue weighted by Gasteiger charge is -1.99. The minimum atomic E-state index is 0.984. The number of rotatable bonds is 3. The number of hydrogen-bond acceptors (Lipinski definition) is 2. The van der Waals surface area contributed by atoms with E-state index in [0.717, 1.165) is 11.2 Å². The number of pyridine rings is 1. The molecule has 0 spiro atoms. The predicted molar refractivity (Wildman–Crippen MR) is 88.9 cm³/mol. The van der Waals surface area contributed by atoms with Gasteiger partial charge in [0, 0.05) is 10.3 Å². The maximum absolute atomic E-state index is 4.63. The summed E-state index contributed by atoms with van der Waals surface area (Å²) in [4.78, 5) is 5.92. The second kappa shape index (κ2) is 5.93. The first-order valence-corrected chi connectivity index (χ1v) is 7.75. The fraction of sp³-hybridized carbons (Fsp3) is 0.0556. The third kappa shape index (κ3) is 2.91. The quantitative estimate of drug-likeness (QED) is 0.616. The molecule has 3 rings (SSSR count). The third-order valence-corrected chi connectivity index (χ3v) is 3.93. The summed E-state index contributed by atoms with van der Waals surface area (Å²) in [5.41, 5.74) is 3.21. The Balaban J connectivity index is 1.85. The highest BCUT2D eigenvalue weighted by atomic mass is 32.2. The third-order valence-electron chi connectivity index (χ3n) is 3.18. The van der Waals surface area contributed by atoms with Gasteiger partial charge >= 0.3 is 0 Å². The Morgan fingerprint density at radius 2 is 1.65 bits per heavy atom. The standard InChI is InChI=1S/C18H15NS/c1-20-17-12-7-14(8-13-17)6-10-16-11-9-15-4-2-3-5-18(15)19-16/h2-13H,1H3/b10-6+. The number of para-hydroxylation sites is 1. The van der Waals surface area contributed by atoms with E-state index in [2.05, 4.69) is 65.9 Å². The van der Waals surface area contributed by atoms with Gasteiger partial charge in [0.1, 0.15) is 0 Å². The first-order chi connectivity index (χ1) is 9.85. The molecular formula is C18H15NS. The Morgan fingerprint density at radius 1 is 0.850 bits per heavy atom. The van der Waals surface area contributed by atoms with Crippen molar-refractivity contribution in [1.82, 2.24) is 4.98 Å². The monoisotopic (exact) mass is 277 g/mol. The SMILES string of the molecule is CSc1ccc(/C=C/c2ccc3ccccc3n2)cc1. The van der Waals surface area contributed by atoms with Crippen LogP contribution in [-0.4, -0.2) is 11.2 Å². The molecular weight excluding hydrogens is 262 g/mol. The van der Waals surface area contributed by atoms with Gasteiger partial charge in [-0.15, -0.1) is 11.8 Å². The van der Waals surface area contributed by atoms with Crippen LogP contribution in [0.1, 0.15) is 11.3 Å². The van der Waals surface area contributed by atoms with Gasteiger partial charge in [0.2, 0.25) is 0 Å². The Morgan fingerprint density at radius 3 is 2.45 bits per heavy atom. The van der Waals surface area contributed by atoms with Gasteiger partial charge in [0.15, 0.2) is 0 Å². The number of hydrogen-bond donors (Lipinski definition) is 0. The highest BCUT2D eigenvalue weighted by Crippen LogP contribution is 2.17. The van der Waals surface area contributed by atoms with Gasteiger partial charge < -0.3 is 0 Å². The number of benzene rings is 2. The molecule has 0 saturated heterocycles. The van der Waals surface area contributed by atoms with Gasteiger partial charge in [0.05, 0.1) is 11.2 Å². The van der Waals surface area contributed by atoms with Crippen molar-refractivity contribution in [3.05, 3.63) is 71.9 Å². The van der Waals surface area contributed by atoms with E-state index in [9.17, 15) is 0 Å². The average molecular weight is 277 g/mol. The second-order valence-electron chi connectivity index (χ2n) is 4.54. The van der Waals surface area contributed by atoms with E-state index in [1.165, 1.54) is 15.8 Å². The van der Waals surface area contributed by atoms with Crippen LogP contribution in [0.25, 0.3) is 23.1 Å². The Kier molecular flexibility index (Phi) is 3.84. The van der Waals surface area contributed by atoms with E-state index in [1.807, 2.05) is 18.2 Å².